The van der Waals surface area contributed by atoms with Gasteiger partial charge in [0.2, 0.25) is 0 Å². The van der Waals surface area contributed by atoms with Crippen molar-refractivity contribution >= 4 is 17.2 Å². The molecule has 6 heteroatoms. The van der Waals surface area contributed by atoms with Gasteiger partial charge in [-0.15, -0.1) is 0 Å². The van der Waals surface area contributed by atoms with E-state index in [1.165, 1.54) is 4.90 Å². The highest BCUT2D eigenvalue weighted by molar-refractivity contribution is 7.80. The fourth-order valence-electron chi connectivity index (χ4n) is 2.02. The number of nitrogens with zero attached hydrogens (tertiary/aromatic N) is 1. The Morgan fingerprint density at radius 3 is 2.24 bits per heavy atom. The molecule has 0 aromatic heterocycles. The van der Waals surface area contributed by atoms with Crippen molar-refractivity contribution in [2.75, 3.05) is 13.1 Å². The minimum atomic E-state index is -4.15. The largest absolute Gasteiger partial charge is 0.401 e. The molecule has 0 saturated heterocycles. The van der Waals surface area contributed by atoms with E-state index in [1.807, 2.05) is 0 Å². The molecule has 0 spiro atoms. The van der Waals surface area contributed by atoms with E-state index in [-0.39, 0.29) is 11.5 Å². The molecule has 0 amide bonds. The van der Waals surface area contributed by atoms with Gasteiger partial charge in [-0.1, -0.05) is 12.2 Å². The van der Waals surface area contributed by atoms with Crippen LogP contribution in [0.15, 0.2) is 0 Å². The van der Waals surface area contributed by atoms with Crippen LogP contribution in [0.4, 0.5) is 13.2 Å². The summed E-state index contributed by atoms with van der Waals surface area (Å²) in [5, 5.41) is 0. The summed E-state index contributed by atoms with van der Waals surface area (Å²) in [6, 6.07) is -0.125. The van der Waals surface area contributed by atoms with Crippen LogP contribution in [0.25, 0.3) is 0 Å². The van der Waals surface area contributed by atoms with Crippen molar-refractivity contribution in [1.29, 1.82) is 0 Å². The van der Waals surface area contributed by atoms with E-state index in [4.69, 9.17) is 18.0 Å². The van der Waals surface area contributed by atoms with Gasteiger partial charge in [-0.2, -0.15) is 13.2 Å². The zero-order chi connectivity index (χ0) is 13.3. The molecule has 1 fully saturated rings. The van der Waals surface area contributed by atoms with E-state index in [1.54, 1.807) is 13.8 Å². The molecular weight excluding hydrogens is 249 g/mol. The molecule has 17 heavy (non-hydrogen) atoms. The first-order chi connectivity index (χ1) is 7.64. The Balaban J connectivity index is 2.58. The van der Waals surface area contributed by atoms with Crippen molar-refractivity contribution in [3.05, 3.63) is 0 Å². The zero-order valence-electron chi connectivity index (χ0n) is 10.2. The van der Waals surface area contributed by atoms with E-state index in [0.29, 0.717) is 18.0 Å². The molecule has 1 saturated carbocycles. The summed E-state index contributed by atoms with van der Waals surface area (Å²) in [5.41, 5.74) is 5.39. The highest BCUT2D eigenvalue weighted by atomic mass is 32.1. The lowest BCUT2D eigenvalue weighted by Gasteiger charge is -2.31. The number of rotatable bonds is 6. The van der Waals surface area contributed by atoms with Crippen molar-refractivity contribution in [2.24, 2.45) is 11.1 Å². The van der Waals surface area contributed by atoms with Crippen LogP contribution >= 0.6 is 12.2 Å². The number of alkyl halides is 3. The lowest BCUT2D eigenvalue weighted by Crippen LogP contribution is -2.43. The lowest BCUT2D eigenvalue weighted by molar-refractivity contribution is -0.151. The lowest BCUT2D eigenvalue weighted by atomic mass is 10.0. The second-order valence-electron chi connectivity index (χ2n) is 5.26. The smallest absolute Gasteiger partial charge is 0.393 e. The third-order valence-corrected chi connectivity index (χ3v) is 3.30. The molecule has 100 valence electrons. The zero-order valence-corrected chi connectivity index (χ0v) is 11.0. The fraction of sp³-hybridized carbons (Fsp3) is 0.909. The van der Waals surface area contributed by atoms with Gasteiger partial charge in [0, 0.05) is 19.0 Å². The number of hydrogen-bond acceptors (Lipinski definition) is 2. The Morgan fingerprint density at radius 2 is 1.94 bits per heavy atom. The maximum absolute atomic E-state index is 12.4. The van der Waals surface area contributed by atoms with E-state index < -0.39 is 12.7 Å². The molecule has 1 aliphatic rings. The van der Waals surface area contributed by atoms with Gasteiger partial charge in [-0.3, -0.25) is 4.90 Å². The van der Waals surface area contributed by atoms with Crippen molar-refractivity contribution in [1.82, 2.24) is 4.90 Å². The van der Waals surface area contributed by atoms with Crippen molar-refractivity contribution < 1.29 is 13.2 Å². The monoisotopic (exact) mass is 268 g/mol. The predicted molar refractivity (Wildman–Crippen MR) is 65.8 cm³/mol. The molecule has 0 heterocycles. The van der Waals surface area contributed by atoms with Gasteiger partial charge in [0.15, 0.2) is 0 Å². The van der Waals surface area contributed by atoms with Gasteiger partial charge in [-0.05, 0) is 32.1 Å². The van der Waals surface area contributed by atoms with Gasteiger partial charge in [-0.25, -0.2) is 0 Å². The van der Waals surface area contributed by atoms with Gasteiger partial charge in [0.05, 0.1) is 11.5 Å². The minimum absolute atomic E-state index is 0.0959. The summed E-state index contributed by atoms with van der Waals surface area (Å²) < 4.78 is 37.3. The standard InChI is InChI=1S/C11H19F3N2S/c1-8(2)16(7-11(12,13)14)6-10(3-4-10)5-9(15)17/h8H,3-7H2,1-2H3,(H2,15,17). The maximum atomic E-state index is 12.4. The fourth-order valence-corrected chi connectivity index (χ4v) is 2.33. The van der Waals surface area contributed by atoms with Gasteiger partial charge < -0.3 is 5.73 Å². The summed E-state index contributed by atoms with van der Waals surface area (Å²) in [7, 11) is 0. The average molecular weight is 268 g/mol. The van der Waals surface area contributed by atoms with Crippen molar-refractivity contribution in [3.63, 3.8) is 0 Å². The second-order valence-corrected chi connectivity index (χ2v) is 5.78. The Bertz CT molecular complexity index is 285. The maximum Gasteiger partial charge on any atom is 0.401 e. The molecule has 0 radical (unpaired) electrons. The third kappa shape index (κ3) is 5.21. The van der Waals surface area contributed by atoms with Crippen LogP contribution in [-0.2, 0) is 0 Å². The summed E-state index contributed by atoms with van der Waals surface area (Å²) in [6.45, 7) is 3.14. The Labute approximate surface area is 105 Å². The molecule has 0 bridgehead atoms. The highest BCUT2D eigenvalue weighted by Gasteiger charge is 2.46. The van der Waals surface area contributed by atoms with E-state index in [0.717, 1.165) is 12.8 Å². The first-order valence-electron chi connectivity index (χ1n) is 5.73. The van der Waals surface area contributed by atoms with E-state index >= 15 is 0 Å². The average Bonchev–Trinajstić information content (AvgIpc) is 2.79. The Morgan fingerprint density at radius 1 is 1.41 bits per heavy atom. The minimum Gasteiger partial charge on any atom is -0.393 e. The molecule has 0 aliphatic heterocycles. The number of halogens is 3. The topological polar surface area (TPSA) is 29.3 Å². The predicted octanol–water partition coefficient (Wildman–Crippen LogP) is 2.72. The molecule has 0 aromatic rings. The molecule has 0 unspecified atom stereocenters. The molecule has 0 aromatic carbocycles. The third-order valence-electron chi connectivity index (χ3n) is 3.16. The molecule has 2 nitrogen and oxygen atoms in total. The van der Waals surface area contributed by atoms with Crippen LogP contribution in [0.2, 0.25) is 0 Å². The summed E-state index contributed by atoms with van der Waals surface area (Å²) in [5.74, 6) is 0. The molecule has 1 aliphatic carbocycles. The van der Waals surface area contributed by atoms with Gasteiger partial charge in [0.1, 0.15) is 0 Å². The second kappa shape index (κ2) is 5.10. The first kappa shape index (κ1) is 14.7. The number of thiocarbonyl (C=S) groups is 1. The molecule has 1 rings (SSSR count). The normalized spacial score (nSPS) is 18.8. The summed E-state index contributed by atoms with van der Waals surface area (Å²) in [6.07, 6.45) is -1.75. The van der Waals surface area contributed by atoms with Gasteiger partial charge >= 0.3 is 6.18 Å². The molecule has 2 N–H and O–H groups in total. The van der Waals surface area contributed by atoms with E-state index in [9.17, 15) is 13.2 Å². The van der Waals surface area contributed by atoms with Crippen LogP contribution < -0.4 is 5.73 Å². The Hall–Kier alpha value is -0.360. The number of nitrogens with two attached hydrogens (primary N) is 1. The quantitative estimate of drug-likeness (QED) is 0.751. The molecular formula is C11H19F3N2S. The van der Waals surface area contributed by atoms with Crippen molar-refractivity contribution in [3.8, 4) is 0 Å². The molecule has 0 atom stereocenters. The van der Waals surface area contributed by atoms with Crippen LogP contribution in [0.1, 0.15) is 33.1 Å². The van der Waals surface area contributed by atoms with Crippen molar-refractivity contribution in [2.45, 2.75) is 45.3 Å². The first-order valence-corrected chi connectivity index (χ1v) is 6.13. The van der Waals surface area contributed by atoms with Crippen LogP contribution in [0, 0.1) is 5.41 Å². The van der Waals surface area contributed by atoms with Crippen LogP contribution in [0.5, 0.6) is 0 Å². The Kier molecular flexibility index (Phi) is 4.41. The SMILES string of the molecule is CC(C)N(CC(F)(F)F)CC1(CC(N)=S)CC1. The number of hydrogen-bond donors (Lipinski definition) is 1. The van der Waals surface area contributed by atoms with Crippen LogP contribution in [0.3, 0.4) is 0 Å². The summed E-state index contributed by atoms with van der Waals surface area (Å²) in [4.78, 5) is 1.86. The van der Waals surface area contributed by atoms with Gasteiger partial charge in [0.25, 0.3) is 0 Å². The van der Waals surface area contributed by atoms with Crippen LogP contribution in [-0.4, -0.2) is 35.2 Å². The van der Waals surface area contributed by atoms with E-state index in [2.05, 4.69) is 0 Å². The summed E-state index contributed by atoms with van der Waals surface area (Å²) >= 11 is 4.85. The highest BCUT2D eigenvalue weighted by Crippen LogP contribution is 2.49.